The zero-order chi connectivity index (χ0) is 14.8. The number of hydrogen-bond acceptors (Lipinski definition) is 3. The van der Waals surface area contributed by atoms with Crippen LogP contribution in [0.4, 0.5) is 0 Å². The summed E-state index contributed by atoms with van der Waals surface area (Å²) in [7, 11) is 0. The number of carbonyl (C=O) groups is 1. The number of amides is 1. The Bertz CT molecular complexity index is 534. The van der Waals surface area contributed by atoms with Crippen LogP contribution in [0.5, 0.6) is 0 Å². The standard InChI is InChI=1S/C16H23N3O2/c17-15-11-2-1-3-12(15)7-13(6-11)16(21)19-9-10-4-5-14(20)18-8-10/h4-5,8,11-13,15H,1-3,6-7,9,17H2,(H,18,20)(H,19,21). The lowest BCUT2D eigenvalue weighted by Crippen LogP contribution is -2.49. The maximum atomic E-state index is 12.4. The predicted molar refractivity (Wildman–Crippen MR) is 80.4 cm³/mol. The third-order valence-electron chi connectivity index (χ3n) is 5.10. The van der Waals surface area contributed by atoms with E-state index in [1.54, 1.807) is 12.3 Å². The molecule has 2 aliphatic carbocycles. The molecule has 2 aliphatic rings. The molecule has 1 heterocycles. The molecular formula is C16H23N3O2. The number of aromatic nitrogens is 1. The average molecular weight is 289 g/mol. The number of aromatic amines is 1. The van der Waals surface area contributed by atoms with Crippen molar-refractivity contribution in [3.8, 4) is 0 Å². The van der Waals surface area contributed by atoms with E-state index < -0.39 is 0 Å². The van der Waals surface area contributed by atoms with Gasteiger partial charge in [0.1, 0.15) is 0 Å². The summed E-state index contributed by atoms with van der Waals surface area (Å²) in [5.74, 6) is 1.26. The van der Waals surface area contributed by atoms with Gasteiger partial charge in [0.2, 0.25) is 11.5 Å². The highest BCUT2D eigenvalue weighted by Gasteiger charge is 2.40. The highest BCUT2D eigenvalue weighted by molar-refractivity contribution is 5.78. The van der Waals surface area contributed by atoms with Crippen LogP contribution >= 0.6 is 0 Å². The van der Waals surface area contributed by atoms with E-state index in [9.17, 15) is 9.59 Å². The molecule has 0 saturated heterocycles. The predicted octanol–water partition coefficient (Wildman–Crippen LogP) is 1.14. The van der Waals surface area contributed by atoms with Crippen molar-refractivity contribution in [1.82, 2.24) is 10.3 Å². The van der Waals surface area contributed by atoms with Gasteiger partial charge in [-0.1, -0.05) is 12.5 Å². The van der Waals surface area contributed by atoms with Crippen LogP contribution in [-0.2, 0) is 11.3 Å². The molecule has 2 atom stereocenters. The van der Waals surface area contributed by atoms with Crippen molar-refractivity contribution in [2.45, 2.75) is 44.7 Å². The number of carbonyl (C=O) groups excluding carboxylic acids is 1. The number of rotatable bonds is 3. The number of pyridine rings is 1. The van der Waals surface area contributed by atoms with Crippen molar-refractivity contribution in [1.29, 1.82) is 0 Å². The van der Waals surface area contributed by atoms with E-state index in [0.717, 1.165) is 18.4 Å². The van der Waals surface area contributed by atoms with Gasteiger partial charge in [-0.3, -0.25) is 9.59 Å². The molecule has 3 rings (SSSR count). The van der Waals surface area contributed by atoms with Crippen molar-refractivity contribution in [3.05, 3.63) is 34.2 Å². The zero-order valence-electron chi connectivity index (χ0n) is 12.2. The Labute approximate surface area is 124 Å². The van der Waals surface area contributed by atoms with Crippen LogP contribution in [0.25, 0.3) is 0 Å². The first-order chi connectivity index (χ1) is 10.1. The van der Waals surface area contributed by atoms with Crippen LogP contribution in [0.1, 0.15) is 37.7 Å². The first kappa shape index (κ1) is 14.3. The lowest BCUT2D eigenvalue weighted by Gasteiger charge is -2.43. The Hall–Kier alpha value is -1.62. The quantitative estimate of drug-likeness (QED) is 0.780. The molecule has 0 radical (unpaired) electrons. The van der Waals surface area contributed by atoms with Gasteiger partial charge in [-0.15, -0.1) is 0 Å². The number of hydrogen-bond donors (Lipinski definition) is 3. The van der Waals surface area contributed by atoms with E-state index in [4.69, 9.17) is 5.73 Å². The van der Waals surface area contributed by atoms with Crippen molar-refractivity contribution < 1.29 is 4.79 Å². The molecule has 1 aromatic rings. The van der Waals surface area contributed by atoms with Gasteiger partial charge in [-0.25, -0.2) is 0 Å². The second-order valence-corrected chi connectivity index (χ2v) is 6.48. The fourth-order valence-electron chi connectivity index (χ4n) is 3.89. The second kappa shape index (κ2) is 6.02. The molecule has 4 N–H and O–H groups in total. The van der Waals surface area contributed by atoms with Gasteiger partial charge in [0, 0.05) is 30.8 Å². The molecule has 0 aromatic carbocycles. The van der Waals surface area contributed by atoms with Crippen LogP contribution in [0.2, 0.25) is 0 Å². The summed E-state index contributed by atoms with van der Waals surface area (Å²) in [5, 5.41) is 2.99. The van der Waals surface area contributed by atoms with Crippen LogP contribution in [-0.4, -0.2) is 16.9 Å². The summed E-state index contributed by atoms with van der Waals surface area (Å²) in [6.07, 6.45) is 7.09. The number of nitrogens with two attached hydrogens (primary N) is 1. The molecule has 21 heavy (non-hydrogen) atoms. The Morgan fingerprint density at radius 3 is 2.62 bits per heavy atom. The molecule has 1 aromatic heterocycles. The molecule has 5 heteroatoms. The van der Waals surface area contributed by atoms with Crippen LogP contribution < -0.4 is 16.6 Å². The van der Waals surface area contributed by atoms with E-state index in [1.165, 1.54) is 25.3 Å². The van der Waals surface area contributed by atoms with Gasteiger partial charge in [0.05, 0.1) is 0 Å². The smallest absolute Gasteiger partial charge is 0.247 e. The molecule has 2 saturated carbocycles. The minimum Gasteiger partial charge on any atom is -0.352 e. The zero-order valence-corrected chi connectivity index (χ0v) is 12.2. The Kier molecular flexibility index (Phi) is 4.10. The summed E-state index contributed by atoms with van der Waals surface area (Å²) in [6.45, 7) is 0.466. The average Bonchev–Trinajstić information content (AvgIpc) is 2.46. The van der Waals surface area contributed by atoms with Gasteiger partial charge in [-0.05, 0) is 43.1 Å². The fraction of sp³-hybridized carbons (Fsp3) is 0.625. The highest BCUT2D eigenvalue weighted by atomic mass is 16.2. The van der Waals surface area contributed by atoms with Crippen LogP contribution in [0, 0.1) is 17.8 Å². The van der Waals surface area contributed by atoms with E-state index >= 15 is 0 Å². The third kappa shape index (κ3) is 3.18. The molecule has 5 nitrogen and oxygen atoms in total. The maximum absolute atomic E-state index is 12.4. The number of nitrogens with one attached hydrogen (secondary N) is 2. The first-order valence-electron chi connectivity index (χ1n) is 7.84. The molecule has 2 fully saturated rings. The number of fused-ring (bicyclic) bond motifs is 2. The van der Waals surface area contributed by atoms with E-state index in [1.807, 2.05) is 0 Å². The van der Waals surface area contributed by atoms with Gasteiger partial charge < -0.3 is 16.0 Å². The molecule has 1 amide bonds. The van der Waals surface area contributed by atoms with E-state index in [-0.39, 0.29) is 17.4 Å². The molecule has 0 aliphatic heterocycles. The summed E-state index contributed by atoms with van der Waals surface area (Å²) in [5.41, 5.74) is 7.05. The van der Waals surface area contributed by atoms with Crippen molar-refractivity contribution in [3.63, 3.8) is 0 Å². The topological polar surface area (TPSA) is 88.0 Å². The summed E-state index contributed by atoms with van der Waals surface area (Å²) < 4.78 is 0. The van der Waals surface area contributed by atoms with Crippen molar-refractivity contribution in [2.24, 2.45) is 23.5 Å². The summed E-state index contributed by atoms with van der Waals surface area (Å²) in [4.78, 5) is 26.0. The van der Waals surface area contributed by atoms with Gasteiger partial charge in [-0.2, -0.15) is 0 Å². The summed E-state index contributed by atoms with van der Waals surface area (Å²) in [6, 6.07) is 3.51. The van der Waals surface area contributed by atoms with Gasteiger partial charge >= 0.3 is 0 Å². The lowest BCUT2D eigenvalue weighted by atomic mass is 9.65. The van der Waals surface area contributed by atoms with Gasteiger partial charge in [0.15, 0.2) is 0 Å². The normalized spacial score (nSPS) is 31.7. The fourth-order valence-corrected chi connectivity index (χ4v) is 3.89. The van der Waals surface area contributed by atoms with E-state index in [2.05, 4.69) is 10.3 Å². The molecule has 0 spiro atoms. The van der Waals surface area contributed by atoms with Crippen molar-refractivity contribution >= 4 is 5.91 Å². The molecule has 114 valence electrons. The Morgan fingerprint density at radius 2 is 2.00 bits per heavy atom. The third-order valence-corrected chi connectivity index (χ3v) is 5.10. The van der Waals surface area contributed by atoms with Crippen molar-refractivity contribution in [2.75, 3.05) is 0 Å². The largest absolute Gasteiger partial charge is 0.352 e. The molecule has 2 unspecified atom stereocenters. The Morgan fingerprint density at radius 1 is 1.29 bits per heavy atom. The maximum Gasteiger partial charge on any atom is 0.247 e. The van der Waals surface area contributed by atoms with Crippen LogP contribution in [0.15, 0.2) is 23.1 Å². The Balaban J connectivity index is 1.56. The van der Waals surface area contributed by atoms with Gasteiger partial charge in [0.25, 0.3) is 0 Å². The van der Waals surface area contributed by atoms with Crippen LogP contribution in [0.3, 0.4) is 0 Å². The summed E-state index contributed by atoms with van der Waals surface area (Å²) >= 11 is 0. The minimum absolute atomic E-state index is 0.0999. The monoisotopic (exact) mass is 289 g/mol. The molecular weight excluding hydrogens is 266 g/mol. The minimum atomic E-state index is -0.126. The first-order valence-corrected chi connectivity index (χ1v) is 7.84. The van der Waals surface area contributed by atoms with E-state index in [0.29, 0.717) is 24.4 Å². The SMILES string of the molecule is NC1C2CCCC1CC(C(=O)NCc1ccc(=O)[nH]c1)C2. The molecule has 2 bridgehead atoms. The lowest BCUT2D eigenvalue weighted by molar-refractivity contribution is -0.128. The second-order valence-electron chi connectivity index (χ2n) is 6.48. The number of H-pyrrole nitrogens is 1. The highest BCUT2D eigenvalue weighted by Crippen LogP contribution is 2.41.